The highest BCUT2D eigenvalue weighted by atomic mass is 16.6. The number of unbranched alkanes of at least 4 members (excludes halogenated alkanes) is 33. The van der Waals surface area contributed by atoms with Gasteiger partial charge in [0, 0.05) is 0 Å². The Bertz CT molecular complexity index is 800. The van der Waals surface area contributed by atoms with Crippen LogP contribution in [-0.4, -0.2) is 48.4 Å². The maximum atomic E-state index is 13.1. The molecule has 0 saturated heterocycles. The molecule has 0 amide bonds. The summed E-state index contributed by atoms with van der Waals surface area (Å²) in [4.78, 5) is 38.7. The highest BCUT2D eigenvalue weighted by Crippen LogP contribution is 2.22. The van der Waals surface area contributed by atoms with E-state index in [1.807, 2.05) is 0 Å². The molecule has 55 heavy (non-hydrogen) atoms. The molecule has 7 nitrogen and oxygen atoms in total. The number of hydrogen-bond donors (Lipinski definition) is 1. The number of carbonyl (C=O) groups is 3. The lowest BCUT2D eigenvalue weighted by Gasteiger charge is -2.24. The van der Waals surface area contributed by atoms with Gasteiger partial charge in [0.25, 0.3) is 0 Å². The van der Waals surface area contributed by atoms with Crippen molar-refractivity contribution in [1.82, 2.24) is 0 Å². The standard InChI is InChI=1S/C48H92O7/c1-4-7-10-13-16-19-22-25-28-31-34-37-40-53-45(49)43-48(52,47(51)55-42-39-36-33-30-27-24-21-18-15-12-9-6-3)44-46(50)54-41-38-35-32-29-26-23-20-17-14-11-8-5-2/h52H,4-44H2,1-3H3. The van der Waals surface area contributed by atoms with Gasteiger partial charge in [-0.1, -0.05) is 233 Å². The van der Waals surface area contributed by atoms with Crippen LogP contribution in [0.1, 0.15) is 265 Å². The molecule has 326 valence electrons. The highest BCUT2D eigenvalue weighted by Gasteiger charge is 2.43. The first-order valence-electron chi connectivity index (χ1n) is 24.1. The average Bonchev–Trinajstić information content (AvgIpc) is 3.17. The summed E-state index contributed by atoms with van der Waals surface area (Å²) in [6, 6.07) is 0. The van der Waals surface area contributed by atoms with Crippen LogP contribution >= 0.6 is 0 Å². The molecule has 0 fully saturated rings. The van der Waals surface area contributed by atoms with E-state index in [2.05, 4.69) is 20.8 Å². The summed E-state index contributed by atoms with van der Waals surface area (Å²) in [5.41, 5.74) is -2.29. The normalized spacial score (nSPS) is 11.6. The van der Waals surface area contributed by atoms with Crippen LogP contribution in [0.3, 0.4) is 0 Å². The lowest BCUT2D eigenvalue weighted by molar-refractivity contribution is -0.178. The number of aliphatic hydroxyl groups is 1. The fraction of sp³-hybridized carbons (Fsp3) is 0.938. The Hall–Kier alpha value is -1.63. The van der Waals surface area contributed by atoms with Gasteiger partial charge in [-0.25, -0.2) is 4.79 Å². The minimum Gasteiger partial charge on any atom is -0.466 e. The molecular weight excluding hydrogens is 689 g/mol. The molecular formula is C48H92O7. The molecule has 0 saturated carbocycles. The molecule has 0 aromatic rings. The Balaban J connectivity index is 4.49. The van der Waals surface area contributed by atoms with Crippen molar-refractivity contribution in [3.05, 3.63) is 0 Å². The van der Waals surface area contributed by atoms with Gasteiger partial charge < -0.3 is 19.3 Å². The van der Waals surface area contributed by atoms with Gasteiger partial charge in [-0.2, -0.15) is 0 Å². The van der Waals surface area contributed by atoms with Gasteiger partial charge in [0.2, 0.25) is 0 Å². The first-order valence-corrected chi connectivity index (χ1v) is 24.1. The van der Waals surface area contributed by atoms with Crippen molar-refractivity contribution in [2.45, 2.75) is 270 Å². The Morgan fingerprint density at radius 3 is 0.764 bits per heavy atom. The van der Waals surface area contributed by atoms with E-state index in [1.54, 1.807) is 0 Å². The van der Waals surface area contributed by atoms with E-state index in [-0.39, 0.29) is 19.8 Å². The Morgan fingerprint density at radius 1 is 0.327 bits per heavy atom. The molecule has 0 heterocycles. The van der Waals surface area contributed by atoms with Crippen LogP contribution in [0.2, 0.25) is 0 Å². The van der Waals surface area contributed by atoms with E-state index < -0.39 is 36.4 Å². The molecule has 0 aliphatic heterocycles. The predicted octanol–water partition coefficient (Wildman–Crippen LogP) is 14.2. The van der Waals surface area contributed by atoms with E-state index in [4.69, 9.17) is 14.2 Å². The van der Waals surface area contributed by atoms with Crippen molar-refractivity contribution in [3.63, 3.8) is 0 Å². The van der Waals surface area contributed by atoms with Crippen molar-refractivity contribution < 1.29 is 33.7 Å². The second kappa shape index (κ2) is 42.0. The zero-order chi connectivity index (χ0) is 40.3. The summed E-state index contributed by atoms with van der Waals surface area (Å²) >= 11 is 0. The number of hydrogen-bond acceptors (Lipinski definition) is 7. The first-order chi connectivity index (χ1) is 26.9. The lowest BCUT2D eigenvalue weighted by Crippen LogP contribution is -2.45. The number of carbonyl (C=O) groups excluding carboxylic acids is 3. The minimum atomic E-state index is -2.29. The summed E-state index contributed by atoms with van der Waals surface area (Å²) in [6.45, 7) is 7.38. The van der Waals surface area contributed by atoms with E-state index in [1.165, 1.54) is 173 Å². The third-order valence-electron chi connectivity index (χ3n) is 11.0. The lowest BCUT2D eigenvalue weighted by atomic mass is 9.95. The van der Waals surface area contributed by atoms with E-state index >= 15 is 0 Å². The largest absolute Gasteiger partial charge is 0.466 e. The van der Waals surface area contributed by atoms with Crippen LogP contribution < -0.4 is 0 Å². The average molecular weight is 781 g/mol. The van der Waals surface area contributed by atoms with Crippen molar-refractivity contribution in [2.24, 2.45) is 0 Å². The Labute approximate surface area is 341 Å². The number of rotatable bonds is 44. The predicted molar refractivity (Wildman–Crippen MR) is 230 cm³/mol. The number of ether oxygens (including phenoxy) is 3. The van der Waals surface area contributed by atoms with Crippen LogP contribution in [0.25, 0.3) is 0 Å². The second-order valence-corrected chi connectivity index (χ2v) is 16.6. The molecule has 0 rings (SSSR count). The zero-order valence-corrected chi connectivity index (χ0v) is 36.9. The van der Waals surface area contributed by atoms with Crippen molar-refractivity contribution in [2.75, 3.05) is 19.8 Å². The molecule has 0 aliphatic carbocycles. The molecule has 0 aromatic carbocycles. The maximum Gasteiger partial charge on any atom is 0.339 e. The van der Waals surface area contributed by atoms with Gasteiger partial charge in [0.05, 0.1) is 32.7 Å². The molecule has 7 heteroatoms. The Kier molecular flexibility index (Phi) is 40.7. The van der Waals surface area contributed by atoms with E-state index in [0.717, 1.165) is 51.4 Å². The summed E-state index contributed by atoms with van der Waals surface area (Å²) in [5.74, 6) is -2.33. The van der Waals surface area contributed by atoms with Crippen LogP contribution in [0.15, 0.2) is 0 Å². The fourth-order valence-electron chi connectivity index (χ4n) is 7.29. The summed E-state index contributed by atoms with van der Waals surface area (Å²) in [5, 5.41) is 11.3. The fourth-order valence-corrected chi connectivity index (χ4v) is 7.29. The molecule has 0 aliphatic rings. The maximum absolute atomic E-state index is 13.1. The summed E-state index contributed by atoms with van der Waals surface area (Å²) in [6.07, 6.45) is 42.2. The molecule has 0 bridgehead atoms. The first kappa shape index (κ1) is 53.4. The monoisotopic (exact) mass is 781 g/mol. The SMILES string of the molecule is CCCCCCCCCCCCCCOC(=O)CC(O)(CC(=O)OCCCCCCCCCCCCCC)C(=O)OCCCCCCCCCCCCCC. The van der Waals surface area contributed by atoms with Crippen LogP contribution in [0.4, 0.5) is 0 Å². The summed E-state index contributed by atoms with van der Waals surface area (Å²) in [7, 11) is 0. The smallest absolute Gasteiger partial charge is 0.339 e. The second-order valence-electron chi connectivity index (χ2n) is 16.6. The van der Waals surface area contributed by atoms with Gasteiger partial charge in [-0.3, -0.25) is 9.59 Å². The molecule has 0 atom stereocenters. The van der Waals surface area contributed by atoms with Crippen LogP contribution in [-0.2, 0) is 28.6 Å². The third-order valence-corrected chi connectivity index (χ3v) is 11.0. The quantitative estimate of drug-likeness (QED) is 0.0373. The topological polar surface area (TPSA) is 99.1 Å². The van der Waals surface area contributed by atoms with Crippen molar-refractivity contribution in [3.8, 4) is 0 Å². The van der Waals surface area contributed by atoms with Crippen LogP contribution in [0, 0.1) is 0 Å². The van der Waals surface area contributed by atoms with Crippen LogP contribution in [0.5, 0.6) is 0 Å². The molecule has 0 aromatic heterocycles. The Morgan fingerprint density at radius 2 is 0.527 bits per heavy atom. The van der Waals surface area contributed by atoms with E-state index in [9.17, 15) is 19.5 Å². The van der Waals surface area contributed by atoms with Gasteiger partial charge in [-0.05, 0) is 19.3 Å². The molecule has 0 radical (unpaired) electrons. The van der Waals surface area contributed by atoms with Gasteiger partial charge in [-0.15, -0.1) is 0 Å². The summed E-state index contributed by atoms with van der Waals surface area (Å²) < 4.78 is 16.3. The van der Waals surface area contributed by atoms with Gasteiger partial charge >= 0.3 is 17.9 Å². The van der Waals surface area contributed by atoms with Crippen molar-refractivity contribution >= 4 is 17.9 Å². The zero-order valence-electron chi connectivity index (χ0n) is 36.9. The minimum absolute atomic E-state index is 0.153. The number of esters is 3. The molecule has 0 unspecified atom stereocenters. The molecule has 1 N–H and O–H groups in total. The van der Waals surface area contributed by atoms with Gasteiger partial charge in [0.15, 0.2) is 5.60 Å². The highest BCUT2D eigenvalue weighted by molar-refractivity contribution is 5.90. The van der Waals surface area contributed by atoms with Crippen molar-refractivity contribution in [1.29, 1.82) is 0 Å². The van der Waals surface area contributed by atoms with Gasteiger partial charge in [0.1, 0.15) is 0 Å². The third kappa shape index (κ3) is 37.7. The van der Waals surface area contributed by atoms with E-state index in [0.29, 0.717) is 6.42 Å². The molecule has 0 spiro atoms.